The number of non-ortho nitro benzene ring substituents is 1. The summed E-state index contributed by atoms with van der Waals surface area (Å²) >= 11 is 0. The maximum atomic E-state index is 10.5. The van der Waals surface area contributed by atoms with Crippen LogP contribution in [0.2, 0.25) is 0 Å². The van der Waals surface area contributed by atoms with Gasteiger partial charge in [-0.25, -0.2) is 10.3 Å². The molecule has 1 aromatic rings. The molecule has 0 aromatic heterocycles. The van der Waals surface area contributed by atoms with Crippen LogP contribution in [0.15, 0.2) is 24.3 Å². The molecule has 0 heterocycles. The van der Waals surface area contributed by atoms with Gasteiger partial charge in [-0.2, -0.15) is 0 Å². The molecule has 1 rings (SSSR count). The van der Waals surface area contributed by atoms with E-state index in [4.69, 9.17) is 5.21 Å². The van der Waals surface area contributed by atoms with Crippen LogP contribution in [0.1, 0.15) is 0 Å². The fraction of sp³-hybridized carbons (Fsp3) is 0. The molecule has 0 spiro atoms. The van der Waals surface area contributed by atoms with Gasteiger partial charge >= 0.3 is 6.09 Å². The van der Waals surface area contributed by atoms with E-state index >= 15 is 0 Å². The van der Waals surface area contributed by atoms with E-state index in [9.17, 15) is 14.9 Å². The molecular weight excluding hydrogens is 192 g/mol. The zero-order valence-electron chi connectivity index (χ0n) is 6.84. The highest BCUT2D eigenvalue weighted by Gasteiger charge is 2.06. The summed E-state index contributed by atoms with van der Waals surface area (Å²) in [5.41, 5.74) is 1.15. The normalized spacial score (nSPS) is 9.21. The minimum atomic E-state index is -1.06. The molecule has 2 N–H and O–H groups in total. The SMILES string of the molecule is O=C(NO)Oc1ccc([N+](=O)[O-])cc1. The highest BCUT2D eigenvalue weighted by Crippen LogP contribution is 2.17. The van der Waals surface area contributed by atoms with Crippen LogP contribution in [0.5, 0.6) is 5.75 Å². The molecule has 14 heavy (non-hydrogen) atoms. The van der Waals surface area contributed by atoms with Crippen LogP contribution in [0.4, 0.5) is 10.5 Å². The Morgan fingerprint density at radius 2 is 2.00 bits per heavy atom. The van der Waals surface area contributed by atoms with Crippen LogP contribution in [0.3, 0.4) is 0 Å². The van der Waals surface area contributed by atoms with E-state index in [2.05, 4.69) is 4.74 Å². The number of amides is 1. The van der Waals surface area contributed by atoms with Crippen molar-refractivity contribution in [3.05, 3.63) is 34.4 Å². The average Bonchev–Trinajstić information content (AvgIpc) is 2.18. The Morgan fingerprint density at radius 1 is 1.43 bits per heavy atom. The quantitative estimate of drug-likeness (QED) is 0.420. The molecule has 0 saturated heterocycles. The van der Waals surface area contributed by atoms with Gasteiger partial charge in [-0.05, 0) is 12.1 Å². The molecule has 74 valence electrons. The molecule has 0 fully saturated rings. The molecule has 0 aliphatic rings. The topological polar surface area (TPSA) is 102 Å². The van der Waals surface area contributed by atoms with Crippen LogP contribution in [0, 0.1) is 10.1 Å². The minimum Gasteiger partial charge on any atom is -0.409 e. The fourth-order valence-corrected chi connectivity index (χ4v) is 0.766. The first-order valence-corrected chi connectivity index (χ1v) is 3.50. The molecule has 1 aromatic carbocycles. The third-order valence-corrected chi connectivity index (χ3v) is 1.35. The molecule has 0 aliphatic carbocycles. The lowest BCUT2D eigenvalue weighted by molar-refractivity contribution is -0.384. The Kier molecular flexibility index (Phi) is 2.97. The van der Waals surface area contributed by atoms with Crippen LogP contribution < -0.4 is 10.2 Å². The number of carbonyl (C=O) groups excluding carboxylic acids is 1. The molecule has 7 nitrogen and oxygen atoms in total. The number of hydrogen-bond donors (Lipinski definition) is 2. The lowest BCUT2D eigenvalue weighted by Gasteiger charge is -2.00. The van der Waals surface area contributed by atoms with Crippen molar-refractivity contribution >= 4 is 11.8 Å². The standard InChI is InChI=1S/C7H6N2O5/c10-7(8-11)14-6-3-1-5(2-4-6)9(12)13/h1-4,11H,(H,8,10). The van der Waals surface area contributed by atoms with Crippen LogP contribution in [-0.4, -0.2) is 16.2 Å². The second-order valence-electron chi connectivity index (χ2n) is 2.25. The van der Waals surface area contributed by atoms with E-state index in [0.29, 0.717) is 0 Å². The van der Waals surface area contributed by atoms with Crippen molar-refractivity contribution in [1.29, 1.82) is 0 Å². The first kappa shape index (κ1) is 9.93. The first-order chi connectivity index (χ1) is 6.63. The predicted octanol–water partition coefficient (Wildman–Crippen LogP) is 1.07. The molecule has 1 amide bonds. The number of benzene rings is 1. The maximum Gasteiger partial charge on any atom is 0.436 e. The first-order valence-electron chi connectivity index (χ1n) is 3.50. The lowest BCUT2D eigenvalue weighted by atomic mass is 10.3. The maximum absolute atomic E-state index is 10.5. The summed E-state index contributed by atoms with van der Waals surface area (Å²) in [6.07, 6.45) is -1.06. The highest BCUT2D eigenvalue weighted by molar-refractivity contribution is 5.68. The molecular formula is C7H6N2O5. The summed E-state index contributed by atoms with van der Waals surface area (Å²) in [6, 6.07) is 4.85. The third kappa shape index (κ3) is 2.42. The van der Waals surface area contributed by atoms with Gasteiger partial charge in [0.15, 0.2) is 0 Å². The summed E-state index contributed by atoms with van der Waals surface area (Å²) < 4.78 is 4.48. The second kappa shape index (κ2) is 4.19. The van der Waals surface area contributed by atoms with Gasteiger partial charge in [0.05, 0.1) is 4.92 Å². The summed E-state index contributed by atoms with van der Waals surface area (Å²) in [5.74, 6) is 0.0992. The number of ether oxygens (including phenoxy) is 1. The Morgan fingerprint density at radius 3 is 2.43 bits per heavy atom. The number of nitro groups is 1. The number of carbonyl (C=O) groups is 1. The molecule has 0 radical (unpaired) electrons. The molecule has 0 saturated carbocycles. The summed E-state index contributed by atoms with van der Waals surface area (Å²) in [5, 5.41) is 18.3. The Labute approximate surface area is 78.0 Å². The van der Waals surface area contributed by atoms with Gasteiger partial charge < -0.3 is 4.74 Å². The zero-order valence-corrected chi connectivity index (χ0v) is 6.84. The summed E-state index contributed by atoms with van der Waals surface area (Å²) in [4.78, 5) is 20.1. The Balaban J connectivity index is 2.73. The van der Waals surface area contributed by atoms with Crippen molar-refractivity contribution in [1.82, 2.24) is 5.48 Å². The van der Waals surface area contributed by atoms with Crippen molar-refractivity contribution in [2.45, 2.75) is 0 Å². The van der Waals surface area contributed by atoms with Crippen molar-refractivity contribution < 1.29 is 19.7 Å². The fourth-order valence-electron chi connectivity index (χ4n) is 0.766. The van der Waals surface area contributed by atoms with Crippen molar-refractivity contribution in [3.63, 3.8) is 0 Å². The second-order valence-corrected chi connectivity index (χ2v) is 2.25. The van der Waals surface area contributed by atoms with Gasteiger partial charge in [0.25, 0.3) is 5.69 Å². The zero-order chi connectivity index (χ0) is 10.6. The molecule has 0 bridgehead atoms. The van der Waals surface area contributed by atoms with Crippen LogP contribution in [-0.2, 0) is 0 Å². The summed E-state index contributed by atoms with van der Waals surface area (Å²) in [7, 11) is 0. The van der Waals surface area contributed by atoms with E-state index in [-0.39, 0.29) is 11.4 Å². The predicted molar refractivity (Wildman–Crippen MR) is 44.0 cm³/mol. The summed E-state index contributed by atoms with van der Waals surface area (Å²) in [6.45, 7) is 0. The van der Waals surface area contributed by atoms with Gasteiger partial charge in [-0.3, -0.25) is 15.3 Å². The molecule has 0 atom stereocenters. The van der Waals surface area contributed by atoms with Crippen molar-refractivity contribution in [2.75, 3.05) is 0 Å². The molecule has 0 aliphatic heterocycles. The van der Waals surface area contributed by atoms with E-state index in [1.54, 1.807) is 0 Å². The van der Waals surface area contributed by atoms with E-state index in [0.717, 1.165) is 0 Å². The number of nitro benzene ring substituents is 1. The number of nitrogens with one attached hydrogen (secondary N) is 1. The average molecular weight is 198 g/mol. The lowest BCUT2D eigenvalue weighted by Crippen LogP contribution is -2.22. The monoisotopic (exact) mass is 198 g/mol. The number of nitrogens with zero attached hydrogens (tertiary/aromatic N) is 1. The van der Waals surface area contributed by atoms with Gasteiger partial charge in [-0.1, -0.05) is 0 Å². The Bertz CT molecular complexity index is 348. The van der Waals surface area contributed by atoms with E-state index in [1.807, 2.05) is 0 Å². The molecule has 0 unspecified atom stereocenters. The van der Waals surface area contributed by atoms with Gasteiger partial charge in [0, 0.05) is 12.1 Å². The number of hydroxylamine groups is 1. The largest absolute Gasteiger partial charge is 0.436 e. The third-order valence-electron chi connectivity index (χ3n) is 1.35. The van der Waals surface area contributed by atoms with E-state index in [1.165, 1.54) is 29.7 Å². The van der Waals surface area contributed by atoms with Gasteiger partial charge in [0.2, 0.25) is 0 Å². The molecule has 7 heteroatoms. The smallest absolute Gasteiger partial charge is 0.409 e. The minimum absolute atomic E-state index is 0.0992. The number of hydrogen-bond acceptors (Lipinski definition) is 5. The number of rotatable bonds is 2. The van der Waals surface area contributed by atoms with E-state index < -0.39 is 11.0 Å². The van der Waals surface area contributed by atoms with Gasteiger partial charge in [0.1, 0.15) is 5.75 Å². The van der Waals surface area contributed by atoms with Crippen LogP contribution in [0.25, 0.3) is 0 Å². The highest BCUT2D eigenvalue weighted by atomic mass is 16.6. The Hall–Kier alpha value is -2.15. The van der Waals surface area contributed by atoms with Crippen molar-refractivity contribution in [3.8, 4) is 5.75 Å². The van der Waals surface area contributed by atoms with Gasteiger partial charge in [-0.15, -0.1) is 0 Å². The van der Waals surface area contributed by atoms with Crippen molar-refractivity contribution in [2.24, 2.45) is 0 Å². The van der Waals surface area contributed by atoms with Crippen LogP contribution >= 0.6 is 0 Å².